The van der Waals surface area contributed by atoms with Gasteiger partial charge in [0.1, 0.15) is 12.4 Å². The Labute approximate surface area is 167 Å². The number of benzene rings is 2. The van der Waals surface area contributed by atoms with Gasteiger partial charge < -0.3 is 19.7 Å². The quantitative estimate of drug-likeness (QED) is 0.717. The van der Waals surface area contributed by atoms with Crippen LogP contribution < -0.4 is 15.0 Å². The van der Waals surface area contributed by atoms with Crippen LogP contribution in [0.1, 0.15) is 43.0 Å². The standard InChI is InChI=1S/C23H30N2O3/c1-3-15-25(2)19-13-11-18(12-14-19)23(26)24-21-9-4-5-10-22(21)28-17-20-8-6-7-16-27-20/h4-5,9-14,20H,3,6-8,15-17H2,1-2H3,(H,24,26). The molecule has 0 aliphatic carbocycles. The molecule has 0 aromatic heterocycles. The van der Waals surface area contributed by atoms with Crippen molar-refractivity contribution in [1.82, 2.24) is 0 Å². The van der Waals surface area contributed by atoms with Gasteiger partial charge in [-0.05, 0) is 62.1 Å². The number of nitrogens with zero attached hydrogens (tertiary/aromatic N) is 1. The SMILES string of the molecule is CCCN(C)c1ccc(C(=O)Nc2ccccc2OCC2CCCCO2)cc1. The van der Waals surface area contributed by atoms with Crippen LogP contribution >= 0.6 is 0 Å². The average molecular weight is 383 g/mol. The Balaban J connectivity index is 1.62. The maximum atomic E-state index is 12.7. The molecule has 2 aromatic carbocycles. The maximum absolute atomic E-state index is 12.7. The van der Waals surface area contributed by atoms with Gasteiger partial charge in [0.25, 0.3) is 5.91 Å². The van der Waals surface area contributed by atoms with Gasteiger partial charge in [-0.2, -0.15) is 0 Å². The van der Waals surface area contributed by atoms with Gasteiger partial charge in [0.2, 0.25) is 0 Å². The van der Waals surface area contributed by atoms with E-state index in [4.69, 9.17) is 9.47 Å². The molecule has 1 amide bonds. The van der Waals surface area contributed by atoms with Crippen LogP contribution in [0.2, 0.25) is 0 Å². The van der Waals surface area contributed by atoms with E-state index in [2.05, 4.69) is 24.2 Å². The zero-order valence-electron chi connectivity index (χ0n) is 16.8. The number of rotatable bonds is 8. The van der Waals surface area contributed by atoms with Crippen LogP contribution in [0.3, 0.4) is 0 Å². The molecule has 28 heavy (non-hydrogen) atoms. The van der Waals surface area contributed by atoms with Crippen molar-refractivity contribution in [3.05, 3.63) is 54.1 Å². The molecule has 1 atom stereocenters. The number of ether oxygens (including phenoxy) is 2. The number of para-hydroxylation sites is 2. The van der Waals surface area contributed by atoms with Gasteiger partial charge in [-0.15, -0.1) is 0 Å². The second kappa shape index (κ2) is 10.1. The molecule has 0 radical (unpaired) electrons. The predicted octanol–water partition coefficient (Wildman–Crippen LogP) is 4.73. The fourth-order valence-electron chi connectivity index (χ4n) is 3.34. The smallest absolute Gasteiger partial charge is 0.255 e. The molecule has 3 rings (SSSR count). The van der Waals surface area contributed by atoms with Crippen LogP contribution in [0.15, 0.2) is 48.5 Å². The third-order valence-electron chi connectivity index (χ3n) is 4.96. The fourth-order valence-corrected chi connectivity index (χ4v) is 3.34. The number of carbonyl (C=O) groups excluding carboxylic acids is 1. The largest absolute Gasteiger partial charge is 0.489 e. The summed E-state index contributed by atoms with van der Waals surface area (Å²) in [6.45, 7) is 4.44. The Kier molecular flexibility index (Phi) is 7.31. The zero-order chi connectivity index (χ0) is 19.8. The number of hydrogen-bond acceptors (Lipinski definition) is 4. The van der Waals surface area contributed by atoms with Gasteiger partial charge in [0.15, 0.2) is 0 Å². The zero-order valence-corrected chi connectivity index (χ0v) is 16.8. The molecule has 1 fully saturated rings. The summed E-state index contributed by atoms with van der Waals surface area (Å²) in [4.78, 5) is 14.9. The second-order valence-electron chi connectivity index (χ2n) is 7.22. The summed E-state index contributed by atoms with van der Waals surface area (Å²) in [7, 11) is 2.06. The number of anilines is 2. The van der Waals surface area contributed by atoms with E-state index in [1.54, 1.807) is 0 Å². The minimum Gasteiger partial charge on any atom is -0.489 e. The first-order chi connectivity index (χ1) is 13.7. The first-order valence-corrected chi connectivity index (χ1v) is 10.1. The lowest BCUT2D eigenvalue weighted by Crippen LogP contribution is -2.26. The highest BCUT2D eigenvalue weighted by Crippen LogP contribution is 2.26. The normalized spacial score (nSPS) is 16.4. The molecule has 0 bridgehead atoms. The van der Waals surface area contributed by atoms with Gasteiger partial charge in [0.05, 0.1) is 11.8 Å². The van der Waals surface area contributed by atoms with Crippen LogP contribution in [0, 0.1) is 0 Å². The molecule has 1 aliphatic rings. The van der Waals surface area contributed by atoms with Crippen molar-refractivity contribution in [3.8, 4) is 5.75 Å². The van der Waals surface area contributed by atoms with Gasteiger partial charge in [-0.25, -0.2) is 0 Å². The first kappa shape index (κ1) is 20.2. The Morgan fingerprint density at radius 1 is 1.18 bits per heavy atom. The van der Waals surface area contributed by atoms with Crippen LogP contribution in [0.4, 0.5) is 11.4 Å². The Morgan fingerprint density at radius 2 is 1.96 bits per heavy atom. The summed E-state index contributed by atoms with van der Waals surface area (Å²) in [6, 6.07) is 15.2. The fraction of sp³-hybridized carbons (Fsp3) is 0.435. The molecule has 1 heterocycles. The lowest BCUT2D eigenvalue weighted by Gasteiger charge is -2.23. The highest BCUT2D eigenvalue weighted by molar-refractivity contribution is 6.05. The third kappa shape index (κ3) is 5.49. The van der Waals surface area contributed by atoms with Gasteiger partial charge in [-0.3, -0.25) is 4.79 Å². The summed E-state index contributed by atoms with van der Waals surface area (Å²) in [5.74, 6) is 0.527. The summed E-state index contributed by atoms with van der Waals surface area (Å²) in [6.07, 6.45) is 4.53. The van der Waals surface area contributed by atoms with E-state index in [-0.39, 0.29) is 12.0 Å². The second-order valence-corrected chi connectivity index (χ2v) is 7.22. The number of hydrogen-bond donors (Lipinski definition) is 1. The Bertz CT molecular complexity index is 755. The van der Waals surface area contributed by atoms with E-state index in [0.29, 0.717) is 23.6 Å². The number of carbonyl (C=O) groups is 1. The first-order valence-electron chi connectivity index (χ1n) is 10.1. The van der Waals surface area contributed by atoms with Crippen molar-refractivity contribution >= 4 is 17.3 Å². The molecular formula is C23H30N2O3. The predicted molar refractivity (Wildman–Crippen MR) is 113 cm³/mol. The van der Waals surface area contributed by atoms with Gasteiger partial charge in [0, 0.05) is 31.5 Å². The average Bonchev–Trinajstić information content (AvgIpc) is 2.74. The van der Waals surface area contributed by atoms with E-state index in [0.717, 1.165) is 38.1 Å². The highest BCUT2D eigenvalue weighted by atomic mass is 16.5. The lowest BCUT2D eigenvalue weighted by molar-refractivity contribution is -0.0109. The molecule has 5 heteroatoms. The van der Waals surface area contributed by atoms with E-state index in [9.17, 15) is 4.79 Å². The van der Waals surface area contributed by atoms with E-state index >= 15 is 0 Å². The minimum atomic E-state index is -0.144. The lowest BCUT2D eigenvalue weighted by atomic mass is 10.1. The molecule has 1 unspecified atom stereocenters. The van der Waals surface area contributed by atoms with E-state index in [1.807, 2.05) is 48.5 Å². The van der Waals surface area contributed by atoms with Crippen LogP contribution in [-0.2, 0) is 4.74 Å². The molecule has 2 aromatic rings. The molecule has 5 nitrogen and oxygen atoms in total. The number of nitrogens with one attached hydrogen (secondary N) is 1. The third-order valence-corrected chi connectivity index (χ3v) is 4.96. The van der Waals surface area contributed by atoms with Gasteiger partial charge in [-0.1, -0.05) is 19.1 Å². The van der Waals surface area contributed by atoms with Crippen molar-refractivity contribution in [1.29, 1.82) is 0 Å². The molecule has 0 spiro atoms. The molecule has 1 aliphatic heterocycles. The maximum Gasteiger partial charge on any atom is 0.255 e. The molecule has 150 valence electrons. The van der Waals surface area contributed by atoms with E-state index < -0.39 is 0 Å². The summed E-state index contributed by atoms with van der Waals surface area (Å²) in [5, 5.41) is 2.97. The summed E-state index contributed by atoms with van der Waals surface area (Å²) < 4.78 is 11.7. The topological polar surface area (TPSA) is 50.8 Å². The van der Waals surface area contributed by atoms with Crippen LogP contribution in [-0.4, -0.2) is 38.8 Å². The Hall–Kier alpha value is -2.53. The van der Waals surface area contributed by atoms with E-state index in [1.165, 1.54) is 6.42 Å². The molecular weight excluding hydrogens is 352 g/mol. The van der Waals surface area contributed by atoms with Crippen molar-refractivity contribution in [2.45, 2.75) is 38.7 Å². The molecule has 0 saturated carbocycles. The summed E-state index contributed by atoms with van der Waals surface area (Å²) in [5.41, 5.74) is 2.41. The van der Waals surface area contributed by atoms with Gasteiger partial charge >= 0.3 is 0 Å². The molecule has 1 N–H and O–H groups in total. The van der Waals surface area contributed by atoms with Crippen LogP contribution in [0.25, 0.3) is 0 Å². The Morgan fingerprint density at radius 3 is 2.68 bits per heavy atom. The molecule has 1 saturated heterocycles. The van der Waals surface area contributed by atoms with Crippen molar-refractivity contribution in [2.24, 2.45) is 0 Å². The van der Waals surface area contributed by atoms with Crippen molar-refractivity contribution < 1.29 is 14.3 Å². The van der Waals surface area contributed by atoms with Crippen LogP contribution in [0.5, 0.6) is 5.75 Å². The monoisotopic (exact) mass is 382 g/mol. The number of amides is 1. The highest BCUT2D eigenvalue weighted by Gasteiger charge is 2.16. The van der Waals surface area contributed by atoms with Crippen molar-refractivity contribution in [2.75, 3.05) is 37.0 Å². The summed E-state index contributed by atoms with van der Waals surface area (Å²) >= 11 is 0. The van der Waals surface area contributed by atoms with Crippen molar-refractivity contribution in [3.63, 3.8) is 0 Å². The minimum absolute atomic E-state index is 0.130.